The highest BCUT2D eigenvalue weighted by Gasteiger charge is 2.25. The molecule has 13 heavy (non-hydrogen) atoms. The second kappa shape index (κ2) is 3.03. The van der Waals surface area contributed by atoms with Crippen molar-refractivity contribution in [3.63, 3.8) is 0 Å². The van der Waals surface area contributed by atoms with Crippen LogP contribution < -0.4 is 5.73 Å². The normalized spacial score (nSPS) is 17.2. The molecule has 0 aliphatic carbocycles. The first-order valence-electron chi connectivity index (χ1n) is 4.52. The molecule has 1 aromatic rings. The Morgan fingerprint density at radius 1 is 1.54 bits per heavy atom. The van der Waals surface area contributed by atoms with E-state index in [0.29, 0.717) is 0 Å². The Hall–Kier alpha value is -0.480. The summed E-state index contributed by atoms with van der Waals surface area (Å²) in [6.45, 7) is 4.01. The van der Waals surface area contributed by atoms with Crippen molar-refractivity contribution < 1.29 is 0 Å². The SMILES string of the molecule is CC(C)(N)c1n[nH]c2c1CSCC2. The molecule has 0 unspecified atom stereocenters. The van der Waals surface area contributed by atoms with Gasteiger partial charge >= 0.3 is 0 Å². The second-order valence-electron chi connectivity index (χ2n) is 4.05. The van der Waals surface area contributed by atoms with E-state index in [0.717, 1.165) is 17.9 Å². The number of H-pyrrole nitrogens is 1. The summed E-state index contributed by atoms with van der Waals surface area (Å²) in [5.41, 5.74) is 9.37. The van der Waals surface area contributed by atoms with Crippen molar-refractivity contribution in [1.29, 1.82) is 0 Å². The summed E-state index contributed by atoms with van der Waals surface area (Å²) in [7, 11) is 0. The fraction of sp³-hybridized carbons (Fsp3) is 0.667. The number of aryl methyl sites for hydroxylation is 1. The van der Waals surface area contributed by atoms with E-state index in [2.05, 4.69) is 10.2 Å². The van der Waals surface area contributed by atoms with Crippen molar-refractivity contribution in [2.24, 2.45) is 5.73 Å². The van der Waals surface area contributed by atoms with Gasteiger partial charge in [-0.15, -0.1) is 0 Å². The number of rotatable bonds is 1. The average molecular weight is 197 g/mol. The third kappa shape index (κ3) is 1.60. The third-order valence-electron chi connectivity index (χ3n) is 2.31. The molecule has 1 aliphatic rings. The van der Waals surface area contributed by atoms with Crippen LogP contribution in [0.25, 0.3) is 0 Å². The predicted octanol–water partition coefficient (Wildman–Crippen LogP) is 1.39. The smallest absolute Gasteiger partial charge is 0.0858 e. The molecule has 1 aliphatic heterocycles. The van der Waals surface area contributed by atoms with E-state index in [-0.39, 0.29) is 5.54 Å². The molecule has 2 heterocycles. The first-order chi connectivity index (χ1) is 6.09. The summed E-state index contributed by atoms with van der Waals surface area (Å²) < 4.78 is 0. The van der Waals surface area contributed by atoms with Gasteiger partial charge in [0.2, 0.25) is 0 Å². The fourth-order valence-corrected chi connectivity index (χ4v) is 2.65. The van der Waals surface area contributed by atoms with Gasteiger partial charge in [-0.1, -0.05) is 0 Å². The number of aromatic nitrogens is 2. The topological polar surface area (TPSA) is 54.7 Å². The van der Waals surface area contributed by atoms with Crippen LogP contribution in [0.5, 0.6) is 0 Å². The molecule has 0 saturated heterocycles. The molecular weight excluding hydrogens is 182 g/mol. The molecule has 0 radical (unpaired) electrons. The van der Waals surface area contributed by atoms with Crippen LogP contribution in [0.1, 0.15) is 30.8 Å². The molecule has 0 amide bonds. The standard InChI is InChI=1S/C9H15N3S/c1-9(2,10)8-6-5-13-4-3-7(6)11-12-8/h3-5,10H2,1-2H3,(H,11,12). The number of hydrogen-bond donors (Lipinski definition) is 2. The van der Waals surface area contributed by atoms with E-state index in [4.69, 9.17) is 5.73 Å². The Kier molecular flexibility index (Phi) is 2.12. The molecule has 0 saturated carbocycles. The lowest BCUT2D eigenvalue weighted by Gasteiger charge is -2.19. The number of thioether (sulfide) groups is 1. The van der Waals surface area contributed by atoms with Crippen LogP contribution in [0.4, 0.5) is 0 Å². The number of hydrogen-bond acceptors (Lipinski definition) is 3. The van der Waals surface area contributed by atoms with E-state index in [9.17, 15) is 0 Å². The van der Waals surface area contributed by atoms with Gasteiger partial charge in [-0.3, -0.25) is 5.10 Å². The van der Waals surface area contributed by atoms with Gasteiger partial charge in [0.25, 0.3) is 0 Å². The minimum absolute atomic E-state index is 0.317. The van der Waals surface area contributed by atoms with Crippen LogP contribution in [0.15, 0.2) is 0 Å². The summed E-state index contributed by atoms with van der Waals surface area (Å²) in [5.74, 6) is 2.25. The van der Waals surface area contributed by atoms with Gasteiger partial charge in [0.15, 0.2) is 0 Å². The van der Waals surface area contributed by atoms with Crippen molar-refractivity contribution >= 4 is 11.8 Å². The van der Waals surface area contributed by atoms with E-state index in [1.807, 2.05) is 25.6 Å². The van der Waals surface area contributed by atoms with Crippen molar-refractivity contribution in [3.05, 3.63) is 17.0 Å². The monoisotopic (exact) mass is 197 g/mol. The first-order valence-corrected chi connectivity index (χ1v) is 5.68. The molecule has 0 atom stereocenters. The maximum absolute atomic E-state index is 6.03. The molecule has 2 rings (SSSR count). The highest BCUT2D eigenvalue weighted by Crippen LogP contribution is 2.29. The van der Waals surface area contributed by atoms with E-state index < -0.39 is 0 Å². The Morgan fingerprint density at radius 2 is 2.31 bits per heavy atom. The van der Waals surface area contributed by atoms with Crippen LogP contribution in [-0.2, 0) is 17.7 Å². The van der Waals surface area contributed by atoms with E-state index >= 15 is 0 Å². The summed E-state index contributed by atoms with van der Waals surface area (Å²) in [6, 6.07) is 0. The van der Waals surface area contributed by atoms with E-state index in [1.165, 1.54) is 17.0 Å². The summed E-state index contributed by atoms with van der Waals surface area (Å²) >= 11 is 1.96. The van der Waals surface area contributed by atoms with Gasteiger partial charge in [-0.05, 0) is 26.0 Å². The number of nitrogens with one attached hydrogen (secondary N) is 1. The molecule has 0 spiro atoms. The molecule has 0 bridgehead atoms. The number of nitrogens with zero attached hydrogens (tertiary/aromatic N) is 1. The lowest BCUT2D eigenvalue weighted by atomic mass is 9.97. The molecule has 1 aromatic heterocycles. The predicted molar refractivity (Wildman–Crippen MR) is 55.7 cm³/mol. The molecule has 4 heteroatoms. The average Bonchev–Trinajstić information content (AvgIpc) is 2.45. The van der Waals surface area contributed by atoms with Crippen molar-refractivity contribution in [1.82, 2.24) is 10.2 Å². The maximum Gasteiger partial charge on any atom is 0.0858 e. The Balaban J connectivity index is 2.43. The van der Waals surface area contributed by atoms with Crippen molar-refractivity contribution in [2.75, 3.05) is 5.75 Å². The highest BCUT2D eigenvalue weighted by atomic mass is 32.2. The fourth-order valence-electron chi connectivity index (χ4n) is 1.64. The largest absolute Gasteiger partial charge is 0.321 e. The zero-order valence-electron chi connectivity index (χ0n) is 8.05. The van der Waals surface area contributed by atoms with Gasteiger partial charge in [-0.2, -0.15) is 16.9 Å². The minimum atomic E-state index is -0.317. The van der Waals surface area contributed by atoms with Crippen molar-refractivity contribution in [3.8, 4) is 0 Å². The zero-order valence-corrected chi connectivity index (χ0v) is 8.87. The number of aromatic amines is 1. The number of nitrogens with two attached hydrogens (primary N) is 1. The van der Waals surface area contributed by atoms with Gasteiger partial charge in [0, 0.05) is 17.0 Å². The van der Waals surface area contributed by atoms with Crippen LogP contribution in [0.2, 0.25) is 0 Å². The van der Waals surface area contributed by atoms with Gasteiger partial charge in [0.1, 0.15) is 0 Å². The molecule has 3 nitrogen and oxygen atoms in total. The Labute approximate surface area is 82.5 Å². The zero-order chi connectivity index (χ0) is 9.47. The minimum Gasteiger partial charge on any atom is -0.321 e. The summed E-state index contributed by atoms with van der Waals surface area (Å²) in [6.07, 6.45) is 1.10. The second-order valence-corrected chi connectivity index (χ2v) is 5.16. The molecular formula is C9H15N3S. The van der Waals surface area contributed by atoms with Crippen LogP contribution in [0, 0.1) is 0 Å². The van der Waals surface area contributed by atoms with Crippen LogP contribution in [0.3, 0.4) is 0 Å². The molecule has 0 fully saturated rings. The molecule has 72 valence electrons. The Bertz CT molecular complexity index is 311. The van der Waals surface area contributed by atoms with Crippen LogP contribution in [-0.4, -0.2) is 16.0 Å². The lowest BCUT2D eigenvalue weighted by Crippen LogP contribution is -2.30. The number of fused-ring (bicyclic) bond motifs is 1. The lowest BCUT2D eigenvalue weighted by molar-refractivity contribution is 0.530. The molecule has 0 aromatic carbocycles. The third-order valence-corrected chi connectivity index (χ3v) is 3.29. The Morgan fingerprint density at radius 3 is 3.00 bits per heavy atom. The van der Waals surface area contributed by atoms with Gasteiger partial charge in [0.05, 0.1) is 11.2 Å². The maximum atomic E-state index is 6.03. The van der Waals surface area contributed by atoms with Crippen LogP contribution >= 0.6 is 11.8 Å². The van der Waals surface area contributed by atoms with E-state index in [1.54, 1.807) is 0 Å². The van der Waals surface area contributed by atoms with Gasteiger partial charge < -0.3 is 5.73 Å². The first kappa shape index (κ1) is 9.09. The summed E-state index contributed by atoms with van der Waals surface area (Å²) in [5, 5.41) is 7.40. The summed E-state index contributed by atoms with van der Waals surface area (Å²) in [4.78, 5) is 0. The molecule has 3 N–H and O–H groups in total. The quantitative estimate of drug-likeness (QED) is 0.715. The highest BCUT2D eigenvalue weighted by molar-refractivity contribution is 7.98. The van der Waals surface area contributed by atoms with Gasteiger partial charge in [-0.25, -0.2) is 0 Å². The van der Waals surface area contributed by atoms with Crippen molar-refractivity contribution in [2.45, 2.75) is 31.6 Å².